The fourth-order valence-electron chi connectivity index (χ4n) is 4.37. The van der Waals surface area contributed by atoms with Gasteiger partial charge in [0, 0.05) is 57.5 Å². The summed E-state index contributed by atoms with van der Waals surface area (Å²) in [5.41, 5.74) is 2.54. The summed E-state index contributed by atoms with van der Waals surface area (Å²) in [6.07, 6.45) is 7.45. The van der Waals surface area contributed by atoms with Crippen molar-refractivity contribution in [2.24, 2.45) is 0 Å². The van der Waals surface area contributed by atoms with Crippen LogP contribution in [-0.4, -0.2) is 61.1 Å². The summed E-state index contributed by atoms with van der Waals surface area (Å²) < 4.78 is 0. The minimum Gasteiger partial charge on any atom is -0.371 e. The Morgan fingerprint density at radius 2 is 1.77 bits per heavy atom. The number of carbonyl (C=O) groups excluding carboxylic acids is 1. The van der Waals surface area contributed by atoms with Crippen LogP contribution in [0.2, 0.25) is 0 Å². The minimum atomic E-state index is 0.0612. The first-order valence-corrected chi connectivity index (χ1v) is 10.3. The second-order valence-corrected chi connectivity index (χ2v) is 8.17. The van der Waals surface area contributed by atoms with Crippen LogP contribution in [0.25, 0.3) is 0 Å². The SMILES string of the molecule is CN(Cc1ccccc1N1CCCC1)C(=O)NC1CCN(C2CC2)CC1. The van der Waals surface area contributed by atoms with E-state index in [-0.39, 0.29) is 6.03 Å². The Labute approximate surface area is 157 Å². The van der Waals surface area contributed by atoms with Crippen molar-refractivity contribution in [3.05, 3.63) is 29.8 Å². The van der Waals surface area contributed by atoms with Crippen molar-refractivity contribution >= 4 is 11.7 Å². The first-order valence-electron chi connectivity index (χ1n) is 10.3. The third-order valence-corrected chi connectivity index (χ3v) is 6.11. The van der Waals surface area contributed by atoms with E-state index in [4.69, 9.17) is 0 Å². The summed E-state index contributed by atoms with van der Waals surface area (Å²) in [6, 6.07) is 9.77. The van der Waals surface area contributed by atoms with Gasteiger partial charge in [-0.05, 0) is 50.2 Å². The number of nitrogens with one attached hydrogen (secondary N) is 1. The fourth-order valence-corrected chi connectivity index (χ4v) is 4.37. The second kappa shape index (κ2) is 7.87. The summed E-state index contributed by atoms with van der Waals surface area (Å²) in [5, 5.41) is 3.25. The summed E-state index contributed by atoms with van der Waals surface area (Å²) in [4.78, 5) is 19.5. The standard InChI is InChI=1S/C21H32N4O/c1-23(16-17-6-2-3-7-20(17)25-12-4-5-13-25)21(26)22-18-10-14-24(15-11-18)19-8-9-19/h2-3,6-7,18-19H,4-5,8-16H2,1H3,(H,22,26). The zero-order chi connectivity index (χ0) is 17.9. The molecule has 5 nitrogen and oxygen atoms in total. The van der Waals surface area contributed by atoms with Crippen molar-refractivity contribution in [1.29, 1.82) is 0 Å². The largest absolute Gasteiger partial charge is 0.371 e. The molecule has 0 bridgehead atoms. The maximum Gasteiger partial charge on any atom is 0.317 e. The first-order chi connectivity index (χ1) is 12.7. The van der Waals surface area contributed by atoms with Crippen molar-refractivity contribution in [1.82, 2.24) is 15.1 Å². The molecular formula is C21H32N4O. The van der Waals surface area contributed by atoms with Gasteiger partial charge in [0.2, 0.25) is 0 Å². The molecule has 4 rings (SSSR count). The zero-order valence-corrected chi connectivity index (χ0v) is 16.0. The van der Waals surface area contributed by atoms with Crippen LogP contribution in [0.3, 0.4) is 0 Å². The van der Waals surface area contributed by atoms with E-state index in [2.05, 4.69) is 39.4 Å². The maximum absolute atomic E-state index is 12.7. The van der Waals surface area contributed by atoms with Crippen molar-refractivity contribution in [2.75, 3.05) is 38.1 Å². The molecule has 1 aromatic carbocycles. The number of para-hydroxylation sites is 1. The summed E-state index contributed by atoms with van der Waals surface area (Å²) in [5.74, 6) is 0. The number of urea groups is 1. The van der Waals surface area contributed by atoms with Crippen LogP contribution in [0.1, 0.15) is 44.1 Å². The van der Waals surface area contributed by atoms with E-state index in [0.717, 1.165) is 45.1 Å². The van der Waals surface area contributed by atoms with E-state index in [0.29, 0.717) is 12.6 Å². The average Bonchev–Trinajstić information content (AvgIpc) is 3.37. The number of rotatable bonds is 5. The number of hydrogen-bond acceptors (Lipinski definition) is 3. The second-order valence-electron chi connectivity index (χ2n) is 8.17. The molecule has 26 heavy (non-hydrogen) atoms. The zero-order valence-electron chi connectivity index (χ0n) is 16.0. The highest BCUT2D eigenvalue weighted by molar-refractivity contribution is 5.74. The highest BCUT2D eigenvalue weighted by Crippen LogP contribution is 2.29. The van der Waals surface area contributed by atoms with Crippen LogP contribution in [-0.2, 0) is 6.54 Å². The monoisotopic (exact) mass is 356 g/mol. The first kappa shape index (κ1) is 17.7. The lowest BCUT2D eigenvalue weighted by Crippen LogP contribution is -2.48. The lowest BCUT2D eigenvalue weighted by Gasteiger charge is -2.33. The van der Waals surface area contributed by atoms with Crippen molar-refractivity contribution in [3.63, 3.8) is 0 Å². The van der Waals surface area contributed by atoms with E-state index >= 15 is 0 Å². The Hall–Kier alpha value is -1.75. The molecule has 0 atom stereocenters. The Morgan fingerprint density at radius 3 is 2.46 bits per heavy atom. The number of nitrogens with zero attached hydrogens (tertiary/aromatic N) is 3. The summed E-state index contributed by atoms with van der Waals surface area (Å²) in [6.45, 7) is 5.20. The molecule has 0 radical (unpaired) electrons. The van der Waals surface area contributed by atoms with Crippen LogP contribution in [0.4, 0.5) is 10.5 Å². The molecule has 2 saturated heterocycles. The number of likely N-dealkylation sites (tertiary alicyclic amines) is 1. The van der Waals surface area contributed by atoms with Gasteiger partial charge in [0.25, 0.3) is 0 Å². The molecule has 2 amide bonds. The normalized spacial score (nSPS) is 21.8. The van der Waals surface area contributed by atoms with Gasteiger partial charge in [0.05, 0.1) is 0 Å². The molecule has 1 N–H and O–H groups in total. The van der Waals surface area contributed by atoms with Crippen LogP contribution in [0, 0.1) is 0 Å². The predicted molar refractivity (Wildman–Crippen MR) is 106 cm³/mol. The molecule has 1 saturated carbocycles. The third kappa shape index (κ3) is 4.14. The topological polar surface area (TPSA) is 38.8 Å². The molecule has 3 fully saturated rings. The average molecular weight is 357 g/mol. The number of carbonyl (C=O) groups is 1. The molecule has 2 aliphatic heterocycles. The number of anilines is 1. The fraction of sp³-hybridized carbons (Fsp3) is 0.667. The Bertz CT molecular complexity index is 616. The molecule has 1 aromatic rings. The molecule has 0 aromatic heterocycles. The van der Waals surface area contributed by atoms with Crippen molar-refractivity contribution < 1.29 is 4.79 Å². The van der Waals surface area contributed by atoms with Gasteiger partial charge < -0.3 is 20.0 Å². The van der Waals surface area contributed by atoms with Gasteiger partial charge in [-0.1, -0.05) is 18.2 Å². The van der Waals surface area contributed by atoms with Gasteiger partial charge in [0.15, 0.2) is 0 Å². The van der Waals surface area contributed by atoms with Gasteiger partial charge in [0.1, 0.15) is 0 Å². The van der Waals surface area contributed by atoms with E-state index in [1.165, 1.54) is 36.9 Å². The molecule has 3 aliphatic rings. The van der Waals surface area contributed by atoms with Crippen LogP contribution < -0.4 is 10.2 Å². The van der Waals surface area contributed by atoms with E-state index in [1.807, 2.05) is 11.9 Å². The number of hydrogen-bond donors (Lipinski definition) is 1. The third-order valence-electron chi connectivity index (χ3n) is 6.11. The van der Waals surface area contributed by atoms with Crippen LogP contribution in [0.15, 0.2) is 24.3 Å². The van der Waals surface area contributed by atoms with E-state index in [1.54, 1.807) is 0 Å². The van der Waals surface area contributed by atoms with Gasteiger partial charge in [-0.3, -0.25) is 0 Å². The highest BCUT2D eigenvalue weighted by Gasteiger charge is 2.32. The minimum absolute atomic E-state index is 0.0612. The predicted octanol–water partition coefficient (Wildman–Crippen LogP) is 3.06. The van der Waals surface area contributed by atoms with E-state index < -0.39 is 0 Å². The van der Waals surface area contributed by atoms with Crippen LogP contribution >= 0.6 is 0 Å². The van der Waals surface area contributed by atoms with Gasteiger partial charge in [-0.25, -0.2) is 4.79 Å². The molecule has 0 unspecified atom stereocenters. The lowest BCUT2D eigenvalue weighted by molar-refractivity contribution is 0.173. The Kier molecular flexibility index (Phi) is 5.34. The van der Waals surface area contributed by atoms with Crippen molar-refractivity contribution in [3.8, 4) is 0 Å². The van der Waals surface area contributed by atoms with Gasteiger partial charge in [-0.15, -0.1) is 0 Å². The molecular weight excluding hydrogens is 324 g/mol. The molecule has 0 spiro atoms. The van der Waals surface area contributed by atoms with E-state index in [9.17, 15) is 4.79 Å². The van der Waals surface area contributed by atoms with Crippen LogP contribution in [0.5, 0.6) is 0 Å². The maximum atomic E-state index is 12.7. The molecule has 2 heterocycles. The summed E-state index contributed by atoms with van der Waals surface area (Å²) in [7, 11) is 1.91. The smallest absolute Gasteiger partial charge is 0.317 e. The molecule has 1 aliphatic carbocycles. The Balaban J connectivity index is 1.30. The summed E-state index contributed by atoms with van der Waals surface area (Å²) >= 11 is 0. The quantitative estimate of drug-likeness (QED) is 0.881. The highest BCUT2D eigenvalue weighted by atomic mass is 16.2. The number of amides is 2. The lowest BCUT2D eigenvalue weighted by atomic mass is 10.1. The number of benzene rings is 1. The van der Waals surface area contributed by atoms with Gasteiger partial charge >= 0.3 is 6.03 Å². The molecule has 142 valence electrons. The van der Waals surface area contributed by atoms with Gasteiger partial charge in [-0.2, -0.15) is 0 Å². The molecule has 5 heteroatoms. The van der Waals surface area contributed by atoms with Crippen molar-refractivity contribution in [2.45, 2.75) is 57.2 Å². The number of piperidine rings is 1. The Morgan fingerprint density at radius 1 is 1.08 bits per heavy atom.